The van der Waals surface area contributed by atoms with Gasteiger partial charge in [0.25, 0.3) is 5.56 Å². The van der Waals surface area contributed by atoms with Crippen molar-refractivity contribution in [2.45, 2.75) is 23.9 Å². The van der Waals surface area contributed by atoms with Crippen LogP contribution in [-0.4, -0.2) is 28.3 Å². The van der Waals surface area contributed by atoms with Gasteiger partial charge in [-0.15, -0.1) is 23.1 Å². The van der Waals surface area contributed by atoms with Gasteiger partial charge < -0.3 is 10.1 Å². The summed E-state index contributed by atoms with van der Waals surface area (Å²) in [5, 5.41) is 3.09. The Morgan fingerprint density at radius 3 is 2.84 bits per heavy atom. The van der Waals surface area contributed by atoms with Crippen molar-refractivity contribution in [2.75, 3.05) is 12.9 Å². The number of methoxy groups -OCH3 is 1. The zero-order valence-electron chi connectivity index (χ0n) is 17.4. The minimum Gasteiger partial charge on any atom is -0.497 e. The predicted molar refractivity (Wildman–Crippen MR) is 129 cm³/mol. The number of aromatic nitrogens is 2. The van der Waals surface area contributed by atoms with Crippen molar-refractivity contribution >= 4 is 39.2 Å². The molecular formula is C24H21N3O3S2. The molecule has 5 rings (SSSR count). The number of hydrogen-bond acceptors (Lipinski definition) is 6. The molecule has 1 unspecified atom stereocenters. The minimum absolute atomic E-state index is 0.0317. The van der Waals surface area contributed by atoms with Crippen LogP contribution in [0.2, 0.25) is 0 Å². The van der Waals surface area contributed by atoms with Crippen LogP contribution < -0.4 is 15.6 Å². The molecule has 8 heteroatoms. The molecule has 0 aliphatic carbocycles. The molecule has 162 valence electrons. The van der Waals surface area contributed by atoms with Crippen LogP contribution in [0.15, 0.2) is 70.6 Å². The molecule has 0 radical (unpaired) electrons. The number of thiophene rings is 1. The first kappa shape index (κ1) is 20.8. The van der Waals surface area contributed by atoms with Gasteiger partial charge in [-0.1, -0.05) is 18.2 Å². The summed E-state index contributed by atoms with van der Waals surface area (Å²) in [5.74, 6) is 1.55. The number of nitrogens with zero attached hydrogens (tertiary/aromatic N) is 2. The van der Waals surface area contributed by atoms with Gasteiger partial charge in [-0.2, -0.15) is 0 Å². The van der Waals surface area contributed by atoms with Crippen molar-refractivity contribution in [2.24, 2.45) is 0 Å². The lowest BCUT2D eigenvalue weighted by molar-refractivity contribution is -0.122. The number of carbonyl (C=O) groups excluding carboxylic acids is 1. The quantitative estimate of drug-likeness (QED) is 0.472. The summed E-state index contributed by atoms with van der Waals surface area (Å²) in [6, 6.07) is 17.7. The lowest BCUT2D eigenvalue weighted by Gasteiger charge is -2.26. The topological polar surface area (TPSA) is 73.2 Å². The Morgan fingerprint density at radius 1 is 1.22 bits per heavy atom. The van der Waals surface area contributed by atoms with E-state index in [0.717, 1.165) is 33.9 Å². The SMILES string of the molecule is COc1ccc(-c2cc3ncn(CC(=O)NC4CCSc5ccccc54)c(=O)c3s2)cc1. The van der Waals surface area contributed by atoms with E-state index in [4.69, 9.17) is 4.74 Å². The lowest BCUT2D eigenvalue weighted by atomic mass is 10.0. The van der Waals surface area contributed by atoms with Gasteiger partial charge in [0.2, 0.25) is 5.91 Å². The fourth-order valence-electron chi connectivity index (χ4n) is 3.84. The molecular weight excluding hydrogens is 442 g/mol. The third-order valence-corrected chi connectivity index (χ3v) is 7.77. The van der Waals surface area contributed by atoms with Gasteiger partial charge in [0.05, 0.1) is 25.0 Å². The number of rotatable bonds is 5. The molecule has 0 saturated carbocycles. The van der Waals surface area contributed by atoms with Crippen LogP contribution in [0.25, 0.3) is 20.7 Å². The molecule has 0 bridgehead atoms. The molecule has 1 N–H and O–H groups in total. The Labute approximate surface area is 193 Å². The summed E-state index contributed by atoms with van der Waals surface area (Å²) in [5.41, 5.74) is 2.57. The fourth-order valence-corrected chi connectivity index (χ4v) is 6.03. The van der Waals surface area contributed by atoms with Gasteiger partial charge in [0.15, 0.2) is 0 Å². The summed E-state index contributed by atoms with van der Waals surface area (Å²) in [6.07, 6.45) is 2.33. The molecule has 0 fully saturated rings. The van der Waals surface area contributed by atoms with Crippen LogP contribution in [0.4, 0.5) is 0 Å². The van der Waals surface area contributed by atoms with E-state index < -0.39 is 0 Å². The van der Waals surface area contributed by atoms with Crippen molar-refractivity contribution in [3.05, 3.63) is 76.8 Å². The first-order valence-electron chi connectivity index (χ1n) is 10.3. The Morgan fingerprint density at radius 2 is 2.03 bits per heavy atom. The number of amides is 1. The number of carbonyl (C=O) groups is 1. The van der Waals surface area contributed by atoms with Crippen LogP contribution in [0.1, 0.15) is 18.0 Å². The number of ether oxygens (including phenoxy) is 1. The largest absolute Gasteiger partial charge is 0.497 e. The Balaban J connectivity index is 1.36. The number of nitrogens with one attached hydrogen (secondary N) is 1. The molecule has 1 amide bonds. The molecule has 1 aliphatic heterocycles. The van der Waals surface area contributed by atoms with E-state index in [1.54, 1.807) is 7.11 Å². The fraction of sp³-hybridized carbons (Fsp3) is 0.208. The van der Waals surface area contributed by atoms with Crippen LogP contribution in [-0.2, 0) is 11.3 Å². The highest BCUT2D eigenvalue weighted by atomic mass is 32.2. The molecule has 1 aliphatic rings. The molecule has 3 heterocycles. The second-order valence-electron chi connectivity index (χ2n) is 7.53. The maximum Gasteiger partial charge on any atom is 0.271 e. The Kier molecular flexibility index (Phi) is 5.71. The average Bonchev–Trinajstić information content (AvgIpc) is 3.26. The molecule has 4 aromatic rings. The normalized spacial score (nSPS) is 15.3. The average molecular weight is 464 g/mol. The Bertz CT molecular complexity index is 1340. The van der Waals surface area contributed by atoms with Crippen molar-refractivity contribution in [3.63, 3.8) is 0 Å². The van der Waals surface area contributed by atoms with E-state index in [-0.39, 0.29) is 24.1 Å². The van der Waals surface area contributed by atoms with Gasteiger partial charge >= 0.3 is 0 Å². The standard InChI is InChI=1S/C24H21N3O3S2/c1-30-16-8-6-15(7-9-16)21-12-19-23(32-21)24(29)27(14-25-19)13-22(28)26-18-10-11-31-20-5-3-2-4-17(18)20/h2-9,12,14,18H,10-11,13H2,1H3,(H,26,28). The Hall–Kier alpha value is -3.10. The molecule has 32 heavy (non-hydrogen) atoms. The highest BCUT2D eigenvalue weighted by Gasteiger charge is 2.22. The van der Waals surface area contributed by atoms with E-state index >= 15 is 0 Å². The zero-order chi connectivity index (χ0) is 22.1. The molecule has 6 nitrogen and oxygen atoms in total. The summed E-state index contributed by atoms with van der Waals surface area (Å²) in [6.45, 7) is -0.0522. The number of hydrogen-bond donors (Lipinski definition) is 1. The van der Waals surface area contributed by atoms with Crippen molar-refractivity contribution in [1.82, 2.24) is 14.9 Å². The van der Waals surface area contributed by atoms with Gasteiger partial charge in [-0.05, 0) is 53.9 Å². The second-order valence-corrected chi connectivity index (χ2v) is 9.72. The summed E-state index contributed by atoms with van der Waals surface area (Å²) >= 11 is 3.19. The molecule has 0 spiro atoms. The van der Waals surface area contributed by atoms with E-state index in [9.17, 15) is 9.59 Å². The minimum atomic E-state index is -0.200. The maximum absolute atomic E-state index is 13.0. The monoisotopic (exact) mass is 463 g/mol. The van der Waals surface area contributed by atoms with Gasteiger partial charge in [0, 0.05) is 15.5 Å². The predicted octanol–water partition coefficient (Wildman–Crippen LogP) is 4.49. The van der Waals surface area contributed by atoms with E-state index in [1.807, 2.05) is 54.2 Å². The van der Waals surface area contributed by atoms with E-state index in [0.29, 0.717) is 10.2 Å². The third-order valence-electron chi connectivity index (χ3n) is 5.49. The molecule has 2 aromatic heterocycles. The van der Waals surface area contributed by atoms with Crippen LogP contribution in [0, 0.1) is 0 Å². The first-order chi connectivity index (χ1) is 15.6. The lowest BCUT2D eigenvalue weighted by Crippen LogP contribution is -2.35. The van der Waals surface area contributed by atoms with Crippen LogP contribution in [0.3, 0.4) is 0 Å². The highest BCUT2D eigenvalue weighted by Crippen LogP contribution is 2.36. The zero-order valence-corrected chi connectivity index (χ0v) is 19.0. The van der Waals surface area contributed by atoms with Crippen LogP contribution >= 0.6 is 23.1 Å². The summed E-state index contributed by atoms with van der Waals surface area (Å²) < 4.78 is 7.14. The van der Waals surface area contributed by atoms with Crippen LogP contribution in [0.5, 0.6) is 5.75 Å². The summed E-state index contributed by atoms with van der Waals surface area (Å²) in [4.78, 5) is 32.4. The number of thioether (sulfide) groups is 1. The third kappa shape index (κ3) is 4.03. The molecule has 1 atom stereocenters. The smallest absolute Gasteiger partial charge is 0.271 e. The molecule has 2 aromatic carbocycles. The van der Waals surface area contributed by atoms with Crippen molar-refractivity contribution in [1.29, 1.82) is 0 Å². The van der Waals surface area contributed by atoms with Gasteiger partial charge in [-0.3, -0.25) is 14.2 Å². The highest BCUT2D eigenvalue weighted by molar-refractivity contribution is 7.99. The molecule has 0 saturated heterocycles. The second kappa shape index (κ2) is 8.80. The number of fused-ring (bicyclic) bond motifs is 2. The van der Waals surface area contributed by atoms with E-state index in [1.165, 1.54) is 27.1 Å². The summed E-state index contributed by atoms with van der Waals surface area (Å²) in [7, 11) is 1.63. The van der Waals surface area contributed by atoms with Crippen molar-refractivity contribution < 1.29 is 9.53 Å². The van der Waals surface area contributed by atoms with Gasteiger partial charge in [-0.25, -0.2) is 4.98 Å². The van der Waals surface area contributed by atoms with Crippen molar-refractivity contribution in [3.8, 4) is 16.2 Å². The van der Waals surface area contributed by atoms with E-state index in [2.05, 4.69) is 22.4 Å². The first-order valence-corrected chi connectivity index (χ1v) is 12.1. The van der Waals surface area contributed by atoms with Gasteiger partial charge in [0.1, 0.15) is 17.0 Å². The number of benzene rings is 2. The maximum atomic E-state index is 13.0.